The van der Waals surface area contributed by atoms with E-state index in [4.69, 9.17) is 9.47 Å². The van der Waals surface area contributed by atoms with Crippen LogP contribution in [0.25, 0.3) is 10.9 Å². The van der Waals surface area contributed by atoms with E-state index in [1.54, 1.807) is 19.5 Å². The van der Waals surface area contributed by atoms with Gasteiger partial charge in [0.15, 0.2) is 11.5 Å². The molecule has 7 heteroatoms. The van der Waals surface area contributed by atoms with Gasteiger partial charge in [0.25, 0.3) is 0 Å². The molecule has 0 radical (unpaired) electrons. The van der Waals surface area contributed by atoms with Crippen LogP contribution in [0.15, 0.2) is 36.8 Å². The Labute approximate surface area is 164 Å². The molecule has 0 amide bonds. The Morgan fingerprint density at radius 3 is 2.96 bits per heavy atom. The van der Waals surface area contributed by atoms with E-state index < -0.39 is 0 Å². The Morgan fingerprint density at radius 1 is 1.21 bits per heavy atom. The maximum absolute atomic E-state index is 6.02. The van der Waals surface area contributed by atoms with Gasteiger partial charge in [0.05, 0.1) is 25.4 Å². The minimum absolute atomic E-state index is 0.640. The molecule has 2 unspecified atom stereocenters. The van der Waals surface area contributed by atoms with Crippen molar-refractivity contribution in [2.24, 2.45) is 11.8 Å². The van der Waals surface area contributed by atoms with Crippen LogP contribution in [-0.2, 0) is 0 Å². The van der Waals surface area contributed by atoms with Gasteiger partial charge in [0.2, 0.25) is 0 Å². The lowest BCUT2D eigenvalue weighted by molar-refractivity contribution is 0.243. The van der Waals surface area contributed by atoms with E-state index in [1.165, 1.54) is 19.5 Å². The zero-order valence-electron chi connectivity index (χ0n) is 16.0. The fourth-order valence-corrected chi connectivity index (χ4v) is 4.11. The van der Waals surface area contributed by atoms with Gasteiger partial charge in [-0.15, -0.1) is 0 Å². The zero-order valence-corrected chi connectivity index (χ0v) is 16.0. The second-order valence-corrected chi connectivity index (χ2v) is 7.66. The minimum Gasteiger partial charge on any atom is -0.491 e. The molecule has 1 saturated carbocycles. The van der Waals surface area contributed by atoms with Crippen molar-refractivity contribution in [3.8, 4) is 11.5 Å². The van der Waals surface area contributed by atoms with Crippen LogP contribution >= 0.6 is 0 Å². The first kappa shape index (κ1) is 17.3. The highest BCUT2D eigenvalue weighted by atomic mass is 16.5. The van der Waals surface area contributed by atoms with Gasteiger partial charge in [-0.25, -0.2) is 9.97 Å². The second-order valence-electron chi connectivity index (χ2n) is 7.66. The highest BCUT2D eigenvalue weighted by Crippen LogP contribution is 2.44. The van der Waals surface area contributed by atoms with Gasteiger partial charge in [-0.2, -0.15) is 0 Å². The molecule has 2 fully saturated rings. The molecule has 0 spiro atoms. The molecule has 7 nitrogen and oxygen atoms in total. The summed E-state index contributed by atoms with van der Waals surface area (Å²) >= 11 is 0. The van der Waals surface area contributed by atoms with Crippen LogP contribution < -0.4 is 14.8 Å². The number of fused-ring (bicyclic) bond motifs is 2. The molecule has 4 heterocycles. The molecule has 3 aromatic heterocycles. The molecule has 1 aliphatic carbocycles. The number of ether oxygens (including phenoxy) is 2. The number of piperidine rings is 1. The summed E-state index contributed by atoms with van der Waals surface area (Å²) in [6.45, 7) is 4.31. The predicted molar refractivity (Wildman–Crippen MR) is 108 cm³/mol. The average molecular weight is 379 g/mol. The summed E-state index contributed by atoms with van der Waals surface area (Å²) in [5.41, 5.74) is 1.03. The van der Waals surface area contributed by atoms with Crippen LogP contribution in [0, 0.1) is 11.8 Å². The van der Waals surface area contributed by atoms with Crippen molar-refractivity contribution in [2.45, 2.75) is 12.8 Å². The first-order chi connectivity index (χ1) is 13.8. The highest BCUT2D eigenvalue weighted by molar-refractivity contribution is 5.90. The summed E-state index contributed by atoms with van der Waals surface area (Å²) in [5, 5.41) is 4.30. The van der Waals surface area contributed by atoms with Gasteiger partial charge in [0, 0.05) is 43.5 Å². The van der Waals surface area contributed by atoms with Gasteiger partial charge in [-0.05, 0) is 36.8 Å². The lowest BCUT2D eigenvalue weighted by Crippen LogP contribution is -2.25. The summed E-state index contributed by atoms with van der Waals surface area (Å²) in [6, 6.07) is 5.81. The van der Waals surface area contributed by atoms with Crippen molar-refractivity contribution < 1.29 is 9.47 Å². The molecule has 2 N–H and O–H groups in total. The normalized spacial score (nSPS) is 20.9. The molecule has 0 aromatic carbocycles. The van der Waals surface area contributed by atoms with Gasteiger partial charge in [0.1, 0.15) is 11.6 Å². The lowest BCUT2D eigenvalue weighted by Gasteiger charge is -2.17. The largest absolute Gasteiger partial charge is 0.491 e. The van der Waals surface area contributed by atoms with Gasteiger partial charge in [-0.3, -0.25) is 0 Å². The number of anilines is 2. The van der Waals surface area contributed by atoms with Crippen LogP contribution in [0.5, 0.6) is 11.5 Å². The number of likely N-dealkylation sites (tertiary alicyclic amines) is 1. The van der Waals surface area contributed by atoms with Crippen molar-refractivity contribution in [3.05, 3.63) is 36.8 Å². The monoisotopic (exact) mass is 379 g/mol. The molecule has 1 aliphatic heterocycles. The van der Waals surface area contributed by atoms with E-state index in [1.807, 2.05) is 24.4 Å². The average Bonchev–Trinajstić information content (AvgIpc) is 3.10. The smallest absolute Gasteiger partial charge is 0.179 e. The fraction of sp³-hybridized carbons (Fsp3) is 0.429. The van der Waals surface area contributed by atoms with E-state index in [2.05, 4.69) is 25.2 Å². The van der Waals surface area contributed by atoms with Crippen LogP contribution in [0.4, 0.5) is 11.6 Å². The second kappa shape index (κ2) is 7.31. The van der Waals surface area contributed by atoms with Crippen molar-refractivity contribution in [1.82, 2.24) is 19.9 Å². The SMILES string of the molecule is COc1cnc(Nc2nccc3[nH]ccc23)cc1OCCCN1CC2CC2C1. The molecular weight excluding hydrogens is 354 g/mol. The number of aromatic amines is 1. The summed E-state index contributed by atoms with van der Waals surface area (Å²) < 4.78 is 11.4. The van der Waals surface area contributed by atoms with E-state index in [-0.39, 0.29) is 0 Å². The van der Waals surface area contributed by atoms with Gasteiger partial charge < -0.3 is 24.7 Å². The van der Waals surface area contributed by atoms with E-state index in [0.717, 1.165) is 41.5 Å². The fourth-order valence-electron chi connectivity index (χ4n) is 4.11. The van der Waals surface area contributed by atoms with Crippen LogP contribution in [0.2, 0.25) is 0 Å². The zero-order chi connectivity index (χ0) is 18.9. The van der Waals surface area contributed by atoms with E-state index in [9.17, 15) is 0 Å². The van der Waals surface area contributed by atoms with Gasteiger partial charge in [-0.1, -0.05) is 0 Å². The van der Waals surface area contributed by atoms with E-state index >= 15 is 0 Å². The third kappa shape index (κ3) is 3.49. The number of aromatic nitrogens is 3. The number of hydrogen-bond acceptors (Lipinski definition) is 6. The van der Waals surface area contributed by atoms with Crippen molar-refractivity contribution in [1.29, 1.82) is 0 Å². The number of pyridine rings is 2. The molecule has 28 heavy (non-hydrogen) atoms. The quantitative estimate of drug-likeness (QED) is 0.584. The van der Waals surface area contributed by atoms with E-state index in [0.29, 0.717) is 23.9 Å². The number of rotatable bonds is 8. The Balaban J connectivity index is 1.23. The molecule has 2 atom stereocenters. The molecule has 2 aliphatic rings. The van der Waals surface area contributed by atoms with Crippen molar-refractivity contribution in [2.75, 3.05) is 38.7 Å². The molecule has 3 aromatic rings. The molecule has 1 saturated heterocycles. The molecule has 0 bridgehead atoms. The molecule has 5 rings (SSSR count). The minimum atomic E-state index is 0.640. The van der Waals surface area contributed by atoms with Crippen molar-refractivity contribution >= 4 is 22.5 Å². The van der Waals surface area contributed by atoms with Crippen LogP contribution in [0.3, 0.4) is 0 Å². The topological polar surface area (TPSA) is 75.3 Å². The number of nitrogens with zero attached hydrogens (tertiary/aromatic N) is 3. The van der Waals surface area contributed by atoms with Crippen molar-refractivity contribution in [3.63, 3.8) is 0 Å². The number of hydrogen-bond donors (Lipinski definition) is 2. The summed E-state index contributed by atoms with van der Waals surface area (Å²) in [5.74, 6) is 4.73. The summed E-state index contributed by atoms with van der Waals surface area (Å²) in [6.07, 6.45) is 7.81. The van der Waals surface area contributed by atoms with Crippen LogP contribution in [-0.4, -0.2) is 53.2 Å². The maximum Gasteiger partial charge on any atom is 0.179 e. The van der Waals surface area contributed by atoms with Crippen LogP contribution in [0.1, 0.15) is 12.8 Å². The summed E-state index contributed by atoms with van der Waals surface area (Å²) in [7, 11) is 1.63. The Hall–Kier alpha value is -2.80. The predicted octanol–water partition coefficient (Wildman–Crippen LogP) is 3.43. The third-order valence-electron chi connectivity index (χ3n) is 5.71. The number of methoxy groups -OCH3 is 1. The molecule has 146 valence electrons. The Morgan fingerprint density at radius 2 is 2.11 bits per heavy atom. The maximum atomic E-state index is 6.02. The highest BCUT2D eigenvalue weighted by Gasteiger charge is 2.44. The number of H-pyrrole nitrogens is 1. The summed E-state index contributed by atoms with van der Waals surface area (Å²) in [4.78, 5) is 14.6. The Kier molecular flexibility index (Phi) is 4.52. The first-order valence-corrected chi connectivity index (χ1v) is 9.88. The standard InChI is InChI=1S/C21H25N5O2/c1-27-19-11-24-20(25-21-16-3-5-22-17(16)4-6-23-21)10-18(19)28-8-2-7-26-12-14-9-15(14)13-26/h3-6,10-11,14-15,22H,2,7-9,12-13H2,1H3,(H,23,24,25). The number of nitrogens with one attached hydrogen (secondary N) is 2. The Bertz CT molecular complexity index is 962. The first-order valence-electron chi connectivity index (χ1n) is 9.88. The molecular formula is C21H25N5O2. The third-order valence-corrected chi connectivity index (χ3v) is 5.71. The van der Waals surface area contributed by atoms with Gasteiger partial charge >= 0.3 is 0 Å². The lowest BCUT2D eigenvalue weighted by atomic mass is 10.3.